The summed E-state index contributed by atoms with van der Waals surface area (Å²) >= 11 is 0. The molecule has 5 nitrogen and oxygen atoms in total. The van der Waals surface area contributed by atoms with Gasteiger partial charge in [0, 0.05) is 32.4 Å². The summed E-state index contributed by atoms with van der Waals surface area (Å²) in [5, 5.41) is 12.6. The zero-order valence-corrected chi connectivity index (χ0v) is 11.1. The molecule has 1 amide bonds. The maximum absolute atomic E-state index is 11.8. The highest BCUT2D eigenvalue weighted by Crippen LogP contribution is 2.08. The summed E-state index contributed by atoms with van der Waals surface area (Å²) in [7, 11) is 1.57. The lowest BCUT2D eigenvalue weighted by molar-refractivity contribution is 0.0243. The van der Waals surface area contributed by atoms with E-state index in [0.29, 0.717) is 18.7 Å². The van der Waals surface area contributed by atoms with Gasteiger partial charge in [0.25, 0.3) is 5.91 Å². The summed E-state index contributed by atoms with van der Waals surface area (Å²) < 4.78 is 4.90. The smallest absolute Gasteiger partial charge is 0.269 e. The van der Waals surface area contributed by atoms with Crippen molar-refractivity contribution in [2.75, 3.05) is 20.3 Å². The van der Waals surface area contributed by atoms with Crippen molar-refractivity contribution < 1.29 is 14.6 Å². The van der Waals surface area contributed by atoms with Gasteiger partial charge in [0.2, 0.25) is 0 Å². The summed E-state index contributed by atoms with van der Waals surface area (Å²) in [6.07, 6.45) is 0.463. The molecule has 5 heteroatoms. The minimum absolute atomic E-state index is 0.171. The van der Waals surface area contributed by atoms with Gasteiger partial charge in [-0.15, -0.1) is 0 Å². The van der Waals surface area contributed by atoms with Crippen molar-refractivity contribution >= 4 is 5.91 Å². The van der Waals surface area contributed by atoms with Gasteiger partial charge in [-0.3, -0.25) is 4.79 Å². The highest BCUT2D eigenvalue weighted by Gasteiger charge is 2.21. The van der Waals surface area contributed by atoms with E-state index in [0.717, 1.165) is 5.69 Å². The van der Waals surface area contributed by atoms with Gasteiger partial charge in [-0.2, -0.15) is 0 Å². The molecule has 100 valence electrons. The zero-order chi connectivity index (χ0) is 13.6. The van der Waals surface area contributed by atoms with E-state index in [-0.39, 0.29) is 12.5 Å². The molecule has 1 atom stereocenters. The van der Waals surface area contributed by atoms with Crippen LogP contribution < -0.4 is 5.32 Å². The second-order valence-electron chi connectivity index (χ2n) is 4.59. The Labute approximate surface area is 107 Å². The van der Waals surface area contributed by atoms with Gasteiger partial charge in [-0.25, -0.2) is 4.98 Å². The fraction of sp³-hybridized carbons (Fsp3) is 0.538. The number of carbonyl (C=O) groups is 1. The fourth-order valence-corrected chi connectivity index (χ4v) is 1.44. The molecule has 1 aromatic rings. The van der Waals surface area contributed by atoms with E-state index in [4.69, 9.17) is 4.74 Å². The van der Waals surface area contributed by atoms with Gasteiger partial charge in [-0.05, 0) is 26.0 Å². The molecular formula is C13H20N2O3. The van der Waals surface area contributed by atoms with Crippen LogP contribution in [0.4, 0.5) is 0 Å². The van der Waals surface area contributed by atoms with Crippen LogP contribution in [0.3, 0.4) is 0 Å². The van der Waals surface area contributed by atoms with Crippen molar-refractivity contribution in [3.8, 4) is 0 Å². The zero-order valence-electron chi connectivity index (χ0n) is 11.1. The molecule has 0 bridgehead atoms. The van der Waals surface area contributed by atoms with Crippen LogP contribution in [0.5, 0.6) is 0 Å². The summed E-state index contributed by atoms with van der Waals surface area (Å²) in [5.41, 5.74) is 0.168. The Morgan fingerprint density at radius 1 is 1.56 bits per heavy atom. The number of hydrogen-bond acceptors (Lipinski definition) is 4. The first-order valence-corrected chi connectivity index (χ1v) is 5.88. The predicted octanol–water partition coefficient (Wildman–Crippen LogP) is 0.907. The average molecular weight is 252 g/mol. The Kier molecular flexibility index (Phi) is 5.25. The minimum Gasteiger partial charge on any atom is -0.388 e. The molecule has 0 saturated carbocycles. The molecule has 2 N–H and O–H groups in total. The van der Waals surface area contributed by atoms with Gasteiger partial charge >= 0.3 is 0 Å². The van der Waals surface area contributed by atoms with E-state index < -0.39 is 5.60 Å². The number of aliphatic hydroxyl groups is 1. The Balaban J connectivity index is 2.50. The second-order valence-corrected chi connectivity index (χ2v) is 4.59. The van der Waals surface area contributed by atoms with E-state index in [9.17, 15) is 9.90 Å². The topological polar surface area (TPSA) is 71.5 Å². The summed E-state index contributed by atoms with van der Waals surface area (Å²) in [5.74, 6) is -0.281. The Morgan fingerprint density at radius 2 is 2.28 bits per heavy atom. The van der Waals surface area contributed by atoms with Crippen LogP contribution in [0.15, 0.2) is 18.2 Å². The van der Waals surface area contributed by atoms with Crippen LogP contribution in [0.25, 0.3) is 0 Å². The molecule has 0 aliphatic carbocycles. The number of rotatable bonds is 6. The van der Waals surface area contributed by atoms with E-state index in [1.807, 2.05) is 13.0 Å². The van der Waals surface area contributed by atoms with Gasteiger partial charge < -0.3 is 15.2 Å². The van der Waals surface area contributed by atoms with Crippen molar-refractivity contribution in [3.05, 3.63) is 29.6 Å². The molecule has 1 unspecified atom stereocenters. The molecular weight excluding hydrogens is 232 g/mol. The molecule has 0 aliphatic heterocycles. The van der Waals surface area contributed by atoms with Crippen LogP contribution in [0.1, 0.15) is 29.5 Å². The van der Waals surface area contributed by atoms with Crippen LogP contribution >= 0.6 is 0 Å². The van der Waals surface area contributed by atoms with Crippen molar-refractivity contribution in [1.82, 2.24) is 10.3 Å². The van der Waals surface area contributed by atoms with Gasteiger partial charge in [-0.1, -0.05) is 6.07 Å². The Bertz CT molecular complexity index is 405. The lowest BCUT2D eigenvalue weighted by atomic mass is 10.0. The first-order chi connectivity index (χ1) is 8.44. The molecule has 18 heavy (non-hydrogen) atoms. The van der Waals surface area contributed by atoms with Crippen molar-refractivity contribution in [2.45, 2.75) is 25.9 Å². The second kappa shape index (κ2) is 6.47. The third-order valence-electron chi connectivity index (χ3n) is 2.60. The van der Waals surface area contributed by atoms with Gasteiger partial charge in [0.1, 0.15) is 5.69 Å². The van der Waals surface area contributed by atoms with Crippen molar-refractivity contribution in [2.24, 2.45) is 0 Å². The Morgan fingerprint density at radius 3 is 2.89 bits per heavy atom. The van der Waals surface area contributed by atoms with E-state index in [2.05, 4.69) is 10.3 Å². The maximum Gasteiger partial charge on any atom is 0.269 e. The summed E-state index contributed by atoms with van der Waals surface area (Å²) in [4.78, 5) is 15.9. The Hall–Kier alpha value is -1.46. The molecule has 0 aliphatic rings. The molecule has 0 spiro atoms. The number of carbonyl (C=O) groups excluding carboxylic acids is 1. The number of ether oxygens (including phenoxy) is 1. The number of hydrogen-bond donors (Lipinski definition) is 2. The van der Waals surface area contributed by atoms with Crippen LogP contribution in [-0.2, 0) is 4.74 Å². The lowest BCUT2D eigenvalue weighted by Gasteiger charge is -2.23. The standard InChI is InChI=1S/C13H20N2O3/c1-10-5-4-6-11(15-10)12(16)14-9-13(2,17)7-8-18-3/h4-6,17H,7-9H2,1-3H3,(H,14,16). The van der Waals surface area contributed by atoms with Crippen LogP contribution in [0, 0.1) is 6.92 Å². The largest absolute Gasteiger partial charge is 0.388 e. The number of methoxy groups -OCH3 is 1. The van der Waals surface area contributed by atoms with Crippen LogP contribution in [0.2, 0.25) is 0 Å². The first kappa shape index (κ1) is 14.6. The van der Waals surface area contributed by atoms with E-state index >= 15 is 0 Å². The third kappa shape index (κ3) is 4.81. The molecule has 0 fully saturated rings. The number of amides is 1. The monoisotopic (exact) mass is 252 g/mol. The number of nitrogens with zero attached hydrogens (tertiary/aromatic N) is 1. The molecule has 0 saturated heterocycles. The van der Waals surface area contributed by atoms with Crippen molar-refractivity contribution in [3.63, 3.8) is 0 Å². The number of nitrogens with one attached hydrogen (secondary N) is 1. The third-order valence-corrected chi connectivity index (χ3v) is 2.60. The number of pyridine rings is 1. The lowest BCUT2D eigenvalue weighted by Crippen LogP contribution is -2.41. The molecule has 1 heterocycles. The normalized spacial score (nSPS) is 14.0. The van der Waals surface area contributed by atoms with E-state index in [1.54, 1.807) is 26.2 Å². The highest BCUT2D eigenvalue weighted by molar-refractivity contribution is 5.92. The molecule has 0 aromatic carbocycles. The first-order valence-electron chi connectivity index (χ1n) is 5.88. The van der Waals surface area contributed by atoms with Gasteiger partial charge in [0.15, 0.2) is 0 Å². The minimum atomic E-state index is -0.977. The highest BCUT2D eigenvalue weighted by atomic mass is 16.5. The maximum atomic E-state index is 11.8. The molecule has 0 radical (unpaired) electrons. The number of aromatic nitrogens is 1. The summed E-state index contributed by atoms with van der Waals surface area (Å²) in [6.45, 7) is 4.11. The quantitative estimate of drug-likeness (QED) is 0.789. The predicted molar refractivity (Wildman–Crippen MR) is 68.4 cm³/mol. The number of aryl methyl sites for hydroxylation is 1. The average Bonchev–Trinajstić information content (AvgIpc) is 2.34. The summed E-state index contributed by atoms with van der Waals surface area (Å²) in [6, 6.07) is 5.25. The SMILES string of the molecule is COCCC(C)(O)CNC(=O)c1cccc(C)n1. The van der Waals surface area contributed by atoms with Crippen LogP contribution in [-0.4, -0.2) is 41.9 Å². The van der Waals surface area contributed by atoms with E-state index in [1.165, 1.54) is 0 Å². The fourth-order valence-electron chi connectivity index (χ4n) is 1.44. The molecule has 1 rings (SSSR count). The molecule has 1 aromatic heterocycles. The van der Waals surface area contributed by atoms with Crippen molar-refractivity contribution in [1.29, 1.82) is 0 Å². The van der Waals surface area contributed by atoms with Gasteiger partial charge in [0.05, 0.1) is 5.60 Å².